The van der Waals surface area contributed by atoms with Gasteiger partial charge in [0.25, 0.3) is 0 Å². The SMILES string of the molecule is COCC(C)(O)CNc1ccc(-n2ccc(C)n2)nn1. The van der Waals surface area contributed by atoms with Gasteiger partial charge in [-0.25, -0.2) is 4.68 Å². The number of anilines is 1. The number of nitrogens with zero attached hydrogens (tertiary/aromatic N) is 4. The van der Waals surface area contributed by atoms with Gasteiger partial charge in [-0.2, -0.15) is 5.10 Å². The maximum Gasteiger partial charge on any atom is 0.175 e. The normalized spacial score (nSPS) is 14.0. The summed E-state index contributed by atoms with van der Waals surface area (Å²) in [6.45, 7) is 4.18. The summed E-state index contributed by atoms with van der Waals surface area (Å²) in [4.78, 5) is 0. The fourth-order valence-corrected chi connectivity index (χ4v) is 1.73. The van der Waals surface area contributed by atoms with Gasteiger partial charge in [-0.3, -0.25) is 0 Å². The number of nitrogens with one attached hydrogen (secondary N) is 1. The zero-order chi connectivity index (χ0) is 14.6. The maximum atomic E-state index is 9.96. The van der Waals surface area contributed by atoms with E-state index in [1.54, 1.807) is 24.8 Å². The van der Waals surface area contributed by atoms with E-state index in [0.29, 0.717) is 18.2 Å². The van der Waals surface area contributed by atoms with Gasteiger partial charge in [-0.05, 0) is 32.0 Å². The Labute approximate surface area is 117 Å². The standard InChI is InChI=1S/C13H19N5O2/c1-10-6-7-18(17-10)12-5-4-11(15-16-12)14-8-13(2,19)9-20-3/h4-7,19H,8-9H2,1-3H3,(H,14,15). The van der Waals surface area contributed by atoms with E-state index in [0.717, 1.165) is 5.69 Å². The first-order valence-corrected chi connectivity index (χ1v) is 6.32. The Morgan fingerprint density at radius 2 is 2.15 bits per heavy atom. The molecule has 20 heavy (non-hydrogen) atoms. The molecule has 0 aromatic carbocycles. The minimum Gasteiger partial charge on any atom is -0.386 e. The Morgan fingerprint density at radius 1 is 1.35 bits per heavy atom. The van der Waals surface area contributed by atoms with E-state index >= 15 is 0 Å². The highest BCUT2D eigenvalue weighted by Gasteiger charge is 2.19. The molecular formula is C13H19N5O2. The summed E-state index contributed by atoms with van der Waals surface area (Å²) in [6, 6.07) is 5.50. The van der Waals surface area contributed by atoms with Gasteiger partial charge in [0, 0.05) is 19.9 Å². The molecule has 0 amide bonds. The number of hydrogen-bond acceptors (Lipinski definition) is 6. The number of aryl methyl sites for hydroxylation is 1. The Bertz CT molecular complexity index is 550. The lowest BCUT2D eigenvalue weighted by Crippen LogP contribution is -2.38. The third-order valence-electron chi connectivity index (χ3n) is 2.71. The maximum absolute atomic E-state index is 9.96. The molecule has 1 unspecified atom stereocenters. The van der Waals surface area contributed by atoms with Crippen molar-refractivity contribution in [1.82, 2.24) is 20.0 Å². The van der Waals surface area contributed by atoms with Crippen molar-refractivity contribution in [2.24, 2.45) is 0 Å². The molecule has 7 heteroatoms. The van der Waals surface area contributed by atoms with E-state index in [2.05, 4.69) is 20.6 Å². The molecule has 2 aromatic heterocycles. The predicted molar refractivity (Wildman–Crippen MR) is 74.9 cm³/mol. The first-order valence-electron chi connectivity index (χ1n) is 6.32. The summed E-state index contributed by atoms with van der Waals surface area (Å²) < 4.78 is 6.60. The molecule has 0 radical (unpaired) electrons. The molecule has 0 fully saturated rings. The van der Waals surface area contributed by atoms with Crippen LogP contribution >= 0.6 is 0 Å². The van der Waals surface area contributed by atoms with Crippen molar-refractivity contribution >= 4 is 5.82 Å². The Hall–Kier alpha value is -1.99. The number of methoxy groups -OCH3 is 1. The minimum atomic E-state index is -0.950. The molecule has 7 nitrogen and oxygen atoms in total. The quantitative estimate of drug-likeness (QED) is 0.811. The highest BCUT2D eigenvalue weighted by atomic mass is 16.5. The van der Waals surface area contributed by atoms with Crippen LogP contribution in [0, 0.1) is 6.92 Å². The van der Waals surface area contributed by atoms with Gasteiger partial charge in [0.15, 0.2) is 5.82 Å². The smallest absolute Gasteiger partial charge is 0.175 e. The molecule has 2 N–H and O–H groups in total. The second kappa shape index (κ2) is 5.98. The summed E-state index contributed by atoms with van der Waals surface area (Å²) in [6.07, 6.45) is 1.83. The summed E-state index contributed by atoms with van der Waals surface area (Å²) in [5.41, 5.74) is -0.0293. The van der Waals surface area contributed by atoms with Crippen LogP contribution in [0.15, 0.2) is 24.4 Å². The van der Waals surface area contributed by atoms with Crippen LogP contribution in [0.1, 0.15) is 12.6 Å². The van der Waals surface area contributed by atoms with E-state index in [1.807, 2.05) is 25.3 Å². The molecule has 108 valence electrons. The molecular weight excluding hydrogens is 258 g/mol. The lowest BCUT2D eigenvalue weighted by atomic mass is 10.1. The second-order valence-corrected chi connectivity index (χ2v) is 4.96. The van der Waals surface area contributed by atoms with Crippen LogP contribution in [-0.4, -0.2) is 50.9 Å². The molecule has 0 aliphatic carbocycles. The van der Waals surface area contributed by atoms with Crippen LogP contribution in [0.3, 0.4) is 0 Å². The summed E-state index contributed by atoms with van der Waals surface area (Å²) in [5.74, 6) is 1.24. The van der Waals surface area contributed by atoms with Crippen LogP contribution < -0.4 is 5.32 Å². The molecule has 2 heterocycles. The summed E-state index contributed by atoms with van der Waals surface area (Å²) >= 11 is 0. The van der Waals surface area contributed by atoms with Crippen LogP contribution in [0.4, 0.5) is 5.82 Å². The number of rotatable bonds is 6. The Kier molecular flexibility index (Phi) is 4.31. The topological polar surface area (TPSA) is 85.1 Å². The van der Waals surface area contributed by atoms with Gasteiger partial charge in [0.05, 0.1) is 12.3 Å². The molecule has 0 aliphatic rings. The zero-order valence-corrected chi connectivity index (χ0v) is 11.9. The molecule has 0 spiro atoms. The van der Waals surface area contributed by atoms with E-state index < -0.39 is 5.60 Å². The van der Waals surface area contributed by atoms with E-state index in [4.69, 9.17) is 4.74 Å². The average molecular weight is 277 g/mol. The first kappa shape index (κ1) is 14.4. The molecule has 0 bridgehead atoms. The van der Waals surface area contributed by atoms with Crippen LogP contribution in [0.25, 0.3) is 5.82 Å². The number of aliphatic hydroxyl groups is 1. The third-order valence-corrected chi connectivity index (χ3v) is 2.71. The number of ether oxygens (including phenoxy) is 1. The number of aromatic nitrogens is 4. The predicted octanol–water partition coefficient (Wildman–Crippen LogP) is 0.780. The lowest BCUT2D eigenvalue weighted by molar-refractivity contribution is -0.00642. The molecule has 0 saturated carbocycles. The first-order chi connectivity index (χ1) is 9.50. The summed E-state index contributed by atoms with van der Waals surface area (Å²) in [5, 5.41) is 25.4. The van der Waals surface area contributed by atoms with Gasteiger partial charge in [-0.1, -0.05) is 0 Å². The molecule has 0 saturated heterocycles. The third kappa shape index (κ3) is 3.75. The number of hydrogen-bond donors (Lipinski definition) is 2. The van der Waals surface area contributed by atoms with Crippen LogP contribution in [-0.2, 0) is 4.74 Å². The highest BCUT2D eigenvalue weighted by molar-refractivity contribution is 5.36. The van der Waals surface area contributed by atoms with E-state index in [1.165, 1.54) is 0 Å². The lowest BCUT2D eigenvalue weighted by Gasteiger charge is -2.22. The van der Waals surface area contributed by atoms with Gasteiger partial charge < -0.3 is 15.2 Å². The molecule has 1 atom stereocenters. The summed E-state index contributed by atoms with van der Waals surface area (Å²) in [7, 11) is 1.55. The minimum absolute atomic E-state index is 0.248. The van der Waals surface area contributed by atoms with Crippen molar-refractivity contribution in [3.05, 3.63) is 30.1 Å². The average Bonchev–Trinajstić information content (AvgIpc) is 2.84. The largest absolute Gasteiger partial charge is 0.386 e. The highest BCUT2D eigenvalue weighted by Crippen LogP contribution is 2.09. The molecule has 0 aliphatic heterocycles. The van der Waals surface area contributed by atoms with Gasteiger partial charge in [0.2, 0.25) is 0 Å². The van der Waals surface area contributed by atoms with Crippen molar-refractivity contribution in [3.8, 4) is 5.82 Å². The second-order valence-electron chi connectivity index (χ2n) is 4.96. The van der Waals surface area contributed by atoms with E-state index in [-0.39, 0.29) is 6.61 Å². The van der Waals surface area contributed by atoms with Crippen molar-refractivity contribution < 1.29 is 9.84 Å². The molecule has 2 aromatic rings. The van der Waals surface area contributed by atoms with Gasteiger partial charge in [-0.15, -0.1) is 10.2 Å². The van der Waals surface area contributed by atoms with Gasteiger partial charge in [0.1, 0.15) is 11.4 Å². The van der Waals surface area contributed by atoms with Crippen molar-refractivity contribution in [3.63, 3.8) is 0 Å². The van der Waals surface area contributed by atoms with Crippen LogP contribution in [0.2, 0.25) is 0 Å². The molecule has 2 rings (SSSR count). The fourth-order valence-electron chi connectivity index (χ4n) is 1.73. The Morgan fingerprint density at radius 3 is 2.70 bits per heavy atom. The van der Waals surface area contributed by atoms with E-state index in [9.17, 15) is 5.11 Å². The van der Waals surface area contributed by atoms with Crippen molar-refractivity contribution in [2.45, 2.75) is 19.4 Å². The van der Waals surface area contributed by atoms with Crippen LogP contribution in [0.5, 0.6) is 0 Å². The zero-order valence-electron chi connectivity index (χ0n) is 11.9. The fraction of sp³-hybridized carbons (Fsp3) is 0.462. The monoisotopic (exact) mass is 277 g/mol. The Balaban J connectivity index is 1.98. The van der Waals surface area contributed by atoms with Crippen molar-refractivity contribution in [1.29, 1.82) is 0 Å². The van der Waals surface area contributed by atoms with Gasteiger partial charge >= 0.3 is 0 Å². The van der Waals surface area contributed by atoms with Crippen molar-refractivity contribution in [2.75, 3.05) is 25.6 Å².